The van der Waals surface area contributed by atoms with Crippen molar-refractivity contribution in [3.63, 3.8) is 0 Å². The standard InChI is InChI=1S/C15H9FO/c16-14-9-7-13(8-10-14)15(17)11-6-12-4-2-1-3-5-12/h1-5,7-10H. The van der Waals surface area contributed by atoms with Crippen molar-refractivity contribution in [3.8, 4) is 11.8 Å². The highest BCUT2D eigenvalue weighted by molar-refractivity contribution is 6.09. The van der Waals surface area contributed by atoms with Gasteiger partial charge in [0, 0.05) is 11.1 Å². The fourth-order valence-electron chi connectivity index (χ4n) is 1.32. The summed E-state index contributed by atoms with van der Waals surface area (Å²) < 4.78 is 12.7. The second-order valence-electron chi connectivity index (χ2n) is 3.45. The Hall–Kier alpha value is -2.40. The first-order valence-electron chi connectivity index (χ1n) is 5.13. The van der Waals surface area contributed by atoms with Crippen LogP contribution in [0.25, 0.3) is 0 Å². The van der Waals surface area contributed by atoms with E-state index in [0.29, 0.717) is 5.56 Å². The maximum absolute atomic E-state index is 12.7. The smallest absolute Gasteiger partial charge is 0.236 e. The molecule has 0 aliphatic carbocycles. The Balaban J connectivity index is 2.18. The minimum absolute atomic E-state index is 0.311. The Kier molecular flexibility index (Phi) is 3.32. The van der Waals surface area contributed by atoms with Crippen LogP contribution in [0.4, 0.5) is 4.39 Å². The molecule has 0 fully saturated rings. The minimum Gasteiger partial charge on any atom is -0.279 e. The lowest BCUT2D eigenvalue weighted by Crippen LogP contribution is -1.94. The third-order valence-corrected chi connectivity index (χ3v) is 2.20. The summed E-state index contributed by atoms with van der Waals surface area (Å²) in [6.45, 7) is 0. The first-order valence-corrected chi connectivity index (χ1v) is 5.13. The summed E-state index contributed by atoms with van der Waals surface area (Å²) in [5.41, 5.74) is 1.18. The van der Waals surface area contributed by atoms with E-state index < -0.39 is 0 Å². The number of ketones is 1. The Labute approximate surface area is 98.9 Å². The molecule has 0 aliphatic rings. The summed E-state index contributed by atoms with van der Waals surface area (Å²) in [5.74, 6) is 4.61. The summed E-state index contributed by atoms with van der Waals surface area (Å²) in [6.07, 6.45) is 0. The number of carbonyl (C=O) groups is 1. The van der Waals surface area contributed by atoms with E-state index in [2.05, 4.69) is 11.8 Å². The van der Waals surface area contributed by atoms with Gasteiger partial charge in [0.25, 0.3) is 0 Å². The number of benzene rings is 2. The molecule has 0 saturated carbocycles. The molecule has 2 rings (SSSR count). The van der Waals surface area contributed by atoms with Gasteiger partial charge in [0.1, 0.15) is 5.82 Å². The summed E-state index contributed by atoms with van der Waals surface area (Å²) >= 11 is 0. The van der Waals surface area contributed by atoms with E-state index >= 15 is 0 Å². The van der Waals surface area contributed by atoms with Crippen molar-refractivity contribution in [2.45, 2.75) is 0 Å². The predicted molar refractivity (Wildman–Crippen MR) is 64.1 cm³/mol. The number of carbonyl (C=O) groups excluding carboxylic acids is 1. The number of halogens is 1. The van der Waals surface area contributed by atoms with Gasteiger partial charge in [-0.3, -0.25) is 4.79 Å². The van der Waals surface area contributed by atoms with Crippen LogP contribution in [-0.2, 0) is 0 Å². The lowest BCUT2D eigenvalue weighted by molar-refractivity contribution is 0.105. The number of Topliss-reactive ketones (excluding diaryl/α,β-unsaturated/α-hetero) is 1. The molecule has 0 unspecified atom stereocenters. The molecular weight excluding hydrogens is 215 g/mol. The third kappa shape index (κ3) is 3.02. The van der Waals surface area contributed by atoms with E-state index in [9.17, 15) is 9.18 Å². The molecule has 0 atom stereocenters. The monoisotopic (exact) mass is 224 g/mol. The van der Waals surface area contributed by atoms with Gasteiger partial charge in [-0.1, -0.05) is 24.1 Å². The topological polar surface area (TPSA) is 17.1 Å². The lowest BCUT2D eigenvalue weighted by Gasteiger charge is -1.92. The molecule has 0 amide bonds. The van der Waals surface area contributed by atoms with Crippen molar-refractivity contribution < 1.29 is 9.18 Å². The lowest BCUT2D eigenvalue weighted by atomic mass is 10.1. The van der Waals surface area contributed by atoms with Crippen molar-refractivity contribution in [2.75, 3.05) is 0 Å². The van der Waals surface area contributed by atoms with Crippen LogP contribution in [0.5, 0.6) is 0 Å². The second kappa shape index (κ2) is 5.09. The van der Waals surface area contributed by atoms with Gasteiger partial charge < -0.3 is 0 Å². The van der Waals surface area contributed by atoms with Crippen LogP contribution >= 0.6 is 0 Å². The highest BCUT2D eigenvalue weighted by Crippen LogP contribution is 2.03. The van der Waals surface area contributed by atoms with Crippen molar-refractivity contribution in [3.05, 3.63) is 71.5 Å². The van der Waals surface area contributed by atoms with Gasteiger partial charge in [-0.2, -0.15) is 0 Å². The van der Waals surface area contributed by atoms with Crippen LogP contribution in [0.15, 0.2) is 54.6 Å². The SMILES string of the molecule is O=C(C#Cc1ccccc1)c1ccc(F)cc1. The maximum atomic E-state index is 12.7. The number of hydrogen-bond acceptors (Lipinski definition) is 1. The Morgan fingerprint density at radius 3 is 2.24 bits per heavy atom. The van der Waals surface area contributed by atoms with E-state index in [1.54, 1.807) is 0 Å². The fourth-order valence-corrected chi connectivity index (χ4v) is 1.32. The fraction of sp³-hybridized carbons (Fsp3) is 0. The number of hydrogen-bond donors (Lipinski definition) is 0. The molecule has 0 aromatic heterocycles. The van der Waals surface area contributed by atoms with Crippen LogP contribution in [-0.4, -0.2) is 5.78 Å². The van der Waals surface area contributed by atoms with Crippen molar-refractivity contribution in [2.24, 2.45) is 0 Å². The quantitative estimate of drug-likeness (QED) is 0.537. The van der Waals surface area contributed by atoms with Crippen molar-refractivity contribution >= 4 is 5.78 Å². The normalized spacial score (nSPS) is 9.24. The molecular formula is C15H9FO. The molecule has 1 nitrogen and oxygen atoms in total. The third-order valence-electron chi connectivity index (χ3n) is 2.20. The van der Waals surface area contributed by atoms with Crippen LogP contribution in [0.1, 0.15) is 15.9 Å². The molecule has 0 aliphatic heterocycles. The van der Waals surface area contributed by atoms with Gasteiger partial charge in [-0.05, 0) is 42.3 Å². The van der Waals surface area contributed by atoms with Crippen LogP contribution in [0.3, 0.4) is 0 Å². The van der Waals surface area contributed by atoms with Gasteiger partial charge in [0.15, 0.2) is 0 Å². The molecule has 0 saturated heterocycles. The summed E-state index contributed by atoms with van der Waals surface area (Å²) in [6, 6.07) is 14.6. The Morgan fingerprint density at radius 2 is 1.59 bits per heavy atom. The largest absolute Gasteiger partial charge is 0.279 e. The van der Waals surface area contributed by atoms with E-state index in [1.807, 2.05) is 30.3 Å². The van der Waals surface area contributed by atoms with E-state index in [0.717, 1.165) is 5.56 Å². The Morgan fingerprint density at radius 1 is 0.941 bits per heavy atom. The van der Waals surface area contributed by atoms with Crippen LogP contribution in [0, 0.1) is 17.7 Å². The zero-order valence-electron chi connectivity index (χ0n) is 8.98. The summed E-state index contributed by atoms with van der Waals surface area (Å²) in [4.78, 5) is 11.6. The highest BCUT2D eigenvalue weighted by Gasteiger charge is 2.01. The molecule has 0 heterocycles. The van der Waals surface area contributed by atoms with Gasteiger partial charge in [0.05, 0.1) is 0 Å². The van der Waals surface area contributed by atoms with Crippen LogP contribution < -0.4 is 0 Å². The maximum Gasteiger partial charge on any atom is 0.236 e. The molecule has 0 radical (unpaired) electrons. The Bertz CT molecular complexity index is 574. The first-order chi connectivity index (χ1) is 8.25. The summed E-state index contributed by atoms with van der Waals surface area (Å²) in [5, 5.41) is 0. The molecule has 0 N–H and O–H groups in total. The van der Waals surface area contributed by atoms with E-state index in [1.165, 1.54) is 24.3 Å². The summed E-state index contributed by atoms with van der Waals surface area (Å²) in [7, 11) is 0. The van der Waals surface area contributed by atoms with Gasteiger partial charge >= 0.3 is 0 Å². The zero-order valence-corrected chi connectivity index (χ0v) is 8.98. The highest BCUT2D eigenvalue weighted by atomic mass is 19.1. The van der Waals surface area contributed by atoms with Crippen molar-refractivity contribution in [1.82, 2.24) is 0 Å². The molecule has 17 heavy (non-hydrogen) atoms. The second-order valence-corrected chi connectivity index (χ2v) is 3.45. The predicted octanol–water partition coefficient (Wildman–Crippen LogP) is 3.06. The molecule has 0 spiro atoms. The minimum atomic E-state index is -0.363. The van der Waals surface area contributed by atoms with Crippen LogP contribution in [0.2, 0.25) is 0 Å². The molecule has 0 bridgehead atoms. The van der Waals surface area contributed by atoms with Gasteiger partial charge in [-0.15, -0.1) is 0 Å². The van der Waals surface area contributed by atoms with Gasteiger partial charge in [-0.25, -0.2) is 4.39 Å². The molecule has 82 valence electrons. The number of rotatable bonds is 1. The molecule has 2 heteroatoms. The van der Waals surface area contributed by atoms with E-state index in [-0.39, 0.29) is 11.6 Å². The first kappa shape index (κ1) is 11.1. The molecule has 2 aromatic rings. The molecule has 2 aromatic carbocycles. The average Bonchev–Trinajstić information content (AvgIpc) is 2.38. The average molecular weight is 224 g/mol. The van der Waals surface area contributed by atoms with Gasteiger partial charge in [0.2, 0.25) is 5.78 Å². The zero-order chi connectivity index (χ0) is 12.1. The van der Waals surface area contributed by atoms with E-state index in [4.69, 9.17) is 0 Å². The van der Waals surface area contributed by atoms with Crippen molar-refractivity contribution in [1.29, 1.82) is 0 Å².